The number of nitrogens with one attached hydrogen (secondary N) is 1. The minimum Gasteiger partial charge on any atom is -0.308 e. The summed E-state index contributed by atoms with van der Waals surface area (Å²) in [5.74, 6) is 0.888. The number of hydrogen-bond acceptors (Lipinski definition) is 2. The number of rotatable bonds is 4. The minimum absolute atomic E-state index is 0.161. The average Bonchev–Trinajstić information content (AvgIpc) is 2.36. The quantitative estimate of drug-likeness (QED) is 0.697. The monoisotopic (exact) mass is 369 g/mol. The minimum atomic E-state index is 0.161. The van der Waals surface area contributed by atoms with Crippen LogP contribution in [0.4, 0.5) is 0 Å². The van der Waals surface area contributed by atoms with Gasteiger partial charge in [0.05, 0.1) is 0 Å². The third kappa shape index (κ3) is 5.96. The molecular formula is C18H28BrNS. The topological polar surface area (TPSA) is 12.0 Å². The largest absolute Gasteiger partial charge is 0.308 e. The smallest absolute Gasteiger partial charge is 0.0221 e. The zero-order valence-electron chi connectivity index (χ0n) is 13.7. The summed E-state index contributed by atoms with van der Waals surface area (Å²) in [6.07, 6.45) is 5.54. The molecule has 1 aromatic carbocycles. The second kappa shape index (κ2) is 7.52. The second-order valence-corrected chi connectivity index (χ2v) is 9.63. The summed E-state index contributed by atoms with van der Waals surface area (Å²) in [6.45, 7) is 10.0. The van der Waals surface area contributed by atoms with Crippen molar-refractivity contribution in [2.24, 2.45) is 5.92 Å². The van der Waals surface area contributed by atoms with Crippen LogP contribution in [0.1, 0.15) is 58.9 Å². The molecule has 1 saturated carbocycles. The Morgan fingerprint density at radius 2 is 2.05 bits per heavy atom. The maximum absolute atomic E-state index is 3.63. The van der Waals surface area contributed by atoms with Gasteiger partial charge < -0.3 is 5.32 Å². The van der Waals surface area contributed by atoms with E-state index in [4.69, 9.17) is 0 Å². The molecular weight excluding hydrogens is 342 g/mol. The molecule has 118 valence electrons. The van der Waals surface area contributed by atoms with Crippen molar-refractivity contribution >= 4 is 27.7 Å². The number of thioether (sulfide) groups is 1. The van der Waals surface area contributed by atoms with Crippen molar-refractivity contribution in [1.29, 1.82) is 0 Å². The third-order valence-corrected chi connectivity index (χ3v) is 5.91. The van der Waals surface area contributed by atoms with Crippen molar-refractivity contribution in [3.05, 3.63) is 28.2 Å². The summed E-state index contributed by atoms with van der Waals surface area (Å²) in [7, 11) is 0. The van der Waals surface area contributed by atoms with Gasteiger partial charge >= 0.3 is 0 Å². The van der Waals surface area contributed by atoms with Gasteiger partial charge in [-0.25, -0.2) is 0 Å². The molecule has 1 aliphatic carbocycles. The molecule has 0 aromatic heterocycles. The molecule has 0 aliphatic heterocycles. The van der Waals surface area contributed by atoms with Gasteiger partial charge in [0.15, 0.2) is 0 Å². The highest BCUT2D eigenvalue weighted by Crippen LogP contribution is 2.38. The van der Waals surface area contributed by atoms with Gasteiger partial charge in [0.1, 0.15) is 0 Å². The van der Waals surface area contributed by atoms with Gasteiger partial charge in [-0.2, -0.15) is 0 Å². The fourth-order valence-corrected chi connectivity index (χ4v) is 4.88. The van der Waals surface area contributed by atoms with Crippen LogP contribution in [-0.2, 0) is 6.54 Å². The Morgan fingerprint density at radius 3 is 2.71 bits per heavy atom. The Bertz CT molecular complexity index is 467. The average molecular weight is 370 g/mol. The third-order valence-electron chi connectivity index (χ3n) is 4.02. The lowest BCUT2D eigenvalue weighted by atomic mass is 9.91. The predicted molar refractivity (Wildman–Crippen MR) is 98.0 cm³/mol. The van der Waals surface area contributed by atoms with E-state index >= 15 is 0 Å². The standard InChI is InChI=1S/C18H28BrNS/c1-13-6-5-7-16(10-13)21-17-11-15(19)9-8-14(17)12-20-18(2,3)4/h8-9,11,13,16,20H,5-7,10,12H2,1-4H3. The van der Waals surface area contributed by atoms with E-state index in [1.165, 1.54) is 40.6 Å². The van der Waals surface area contributed by atoms with E-state index in [2.05, 4.69) is 78.9 Å². The molecule has 3 heteroatoms. The van der Waals surface area contributed by atoms with Gasteiger partial charge in [-0.05, 0) is 57.2 Å². The van der Waals surface area contributed by atoms with Crippen molar-refractivity contribution in [3.63, 3.8) is 0 Å². The molecule has 2 rings (SSSR count). The molecule has 1 nitrogen and oxygen atoms in total. The highest BCUT2D eigenvalue weighted by Gasteiger charge is 2.21. The van der Waals surface area contributed by atoms with Gasteiger partial charge in [-0.3, -0.25) is 0 Å². The fourth-order valence-electron chi connectivity index (χ4n) is 2.81. The molecule has 0 radical (unpaired) electrons. The Balaban J connectivity index is 2.07. The molecule has 1 aliphatic rings. The normalized spacial score (nSPS) is 23.3. The Kier molecular flexibility index (Phi) is 6.22. The van der Waals surface area contributed by atoms with E-state index in [0.717, 1.165) is 17.7 Å². The van der Waals surface area contributed by atoms with Crippen molar-refractivity contribution in [2.75, 3.05) is 0 Å². The summed E-state index contributed by atoms with van der Waals surface area (Å²) in [6, 6.07) is 6.72. The fraction of sp³-hybridized carbons (Fsp3) is 0.667. The van der Waals surface area contributed by atoms with Crippen LogP contribution in [0.5, 0.6) is 0 Å². The first-order chi connectivity index (χ1) is 9.83. The van der Waals surface area contributed by atoms with Gasteiger partial charge in [-0.15, -0.1) is 11.8 Å². The molecule has 0 saturated heterocycles. The maximum atomic E-state index is 3.63. The van der Waals surface area contributed by atoms with Crippen LogP contribution in [0, 0.1) is 5.92 Å². The summed E-state index contributed by atoms with van der Waals surface area (Å²) < 4.78 is 1.19. The zero-order chi connectivity index (χ0) is 15.5. The van der Waals surface area contributed by atoms with E-state index in [1.54, 1.807) is 0 Å². The van der Waals surface area contributed by atoms with Crippen molar-refractivity contribution in [3.8, 4) is 0 Å². The lowest BCUT2D eigenvalue weighted by Crippen LogP contribution is -2.35. The van der Waals surface area contributed by atoms with E-state index in [1.807, 2.05) is 0 Å². The lowest BCUT2D eigenvalue weighted by Gasteiger charge is -2.27. The molecule has 21 heavy (non-hydrogen) atoms. The lowest BCUT2D eigenvalue weighted by molar-refractivity contribution is 0.394. The van der Waals surface area contributed by atoms with Crippen molar-refractivity contribution in [1.82, 2.24) is 5.32 Å². The van der Waals surface area contributed by atoms with Gasteiger partial charge in [-0.1, -0.05) is 41.8 Å². The summed E-state index contributed by atoms with van der Waals surface area (Å²) in [5, 5.41) is 4.40. The van der Waals surface area contributed by atoms with Crippen LogP contribution in [-0.4, -0.2) is 10.8 Å². The van der Waals surface area contributed by atoms with Crippen LogP contribution in [0.3, 0.4) is 0 Å². The molecule has 0 amide bonds. The molecule has 1 aromatic rings. The Hall–Kier alpha value is 0.01000. The molecule has 1 N–H and O–H groups in total. The van der Waals surface area contributed by atoms with Crippen LogP contribution >= 0.6 is 27.7 Å². The summed E-state index contributed by atoms with van der Waals surface area (Å²) in [4.78, 5) is 1.44. The Morgan fingerprint density at radius 1 is 1.29 bits per heavy atom. The summed E-state index contributed by atoms with van der Waals surface area (Å²) >= 11 is 5.72. The first kappa shape index (κ1) is 17.4. The van der Waals surface area contributed by atoms with E-state index in [9.17, 15) is 0 Å². The molecule has 0 spiro atoms. The van der Waals surface area contributed by atoms with Gasteiger partial charge in [0.2, 0.25) is 0 Å². The molecule has 1 fully saturated rings. The van der Waals surface area contributed by atoms with E-state index in [-0.39, 0.29) is 5.54 Å². The summed E-state index contributed by atoms with van der Waals surface area (Å²) in [5.41, 5.74) is 1.59. The number of hydrogen-bond donors (Lipinski definition) is 1. The molecule has 0 heterocycles. The molecule has 0 bridgehead atoms. The first-order valence-electron chi connectivity index (χ1n) is 8.03. The Labute approximate surface area is 142 Å². The second-order valence-electron chi connectivity index (χ2n) is 7.37. The maximum Gasteiger partial charge on any atom is 0.0221 e. The number of halogens is 1. The van der Waals surface area contributed by atoms with E-state index in [0.29, 0.717) is 0 Å². The van der Waals surface area contributed by atoms with E-state index < -0.39 is 0 Å². The van der Waals surface area contributed by atoms with Crippen molar-refractivity contribution < 1.29 is 0 Å². The highest BCUT2D eigenvalue weighted by atomic mass is 79.9. The van der Waals surface area contributed by atoms with Gasteiger partial charge in [0, 0.05) is 26.7 Å². The van der Waals surface area contributed by atoms with Crippen LogP contribution in [0.2, 0.25) is 0 Å². The molecule has 2 unspecified atom stereocenters. The predicted octanol–water partition coefficient (Wildman–Crippen LogP) is 6.01. The number of benzene rings is 1. The van der Waals surface area contributed by atoms with Crippen LogP contribution in [0.15, 0.2) is 27.6 Å². The molecule has 2 atom stereocenters. The SMILES string of the molecule is CC1CCCC(Sc2cc(Br)ccc2CNC(C)(C)C)C1. The highest BCUT2D eigenvalue weighted by molar-refractivity contribution is 9.10. The van der Waals surface area contributed by atoms with Crippen LogP contribution in [0.25, 0.3) is 0 Å². The van der Waals surface area contributed by atoms with Crippen LogP contribution < -0.4 is 5.32 Å². The van der Waals surface area contributed by atoms with Gasteiger partial charge in [0.25, 0.3) is 0 Å². The zero-order valence-corrected chi connectivity index (χ0v) is 16.1. The first-order valence-corrected chi connectivity index (χ1v) is 9.71. The van der Waals surface area contributed by atoms with Crippen molar-refractivity contribution in [2.45, 2.75) is 75.6 Å².